The van der Waals surface area contributed by atoms with Gasteiger partial charge in [-0.25, -0.2) is 9.48 Å². The molecule has 9 heteroatoms. The quantitative estimate of drug-likeness (QED) is 0.290. The average molecular weight is 406 g/mol. The van der Waals surface area contributed by atoms with E-state index in [1.807, 2.05) is 0 Å². The van der Waals surface area contributed by atoms with Crippen LogP contribution in [-0.4, -0.2) is 33.7 Å². The van der Waals surface area contributed by atoms with E-state index in [-0.39, 0.29) is 11.6 Å². The predicted molar refractivity (Wildman–Crippen MR) is 110 cm³/mol. The molecule has 0 saturated heterocycles. The Kier molecular flexibility index (Phi) is 6.02. The lowest BCUT2D eigenvalue weighted by Crippen LogP contribution is -2.12. The number of anilines is 1. The molecule has 1 N–H and O–H groups in total. The van der Waals surface area contributed by atoms with Gasteiger partial charge in [-0.05, 0) is 42.8 Å². The third-order valence-electron chi connectivity index (χ3n) is 4.15. The molecule has 0 aliphatic heterocycles. The number of aromatic nitrogens is 2. The first-order chi connectivity index (χ1) is 14.4. The highest BCUT2D eigenvalue weighted by molar-refractivity contribution is 6.01. The first-order valence-corrected chi connectivity index (χ1v) is 8.86. The van der Waals surface area contributed by atoms with E-state index in [2.05, 4.69) is 15.2 Å². The van der Waals surface area contributed by atoms with Crippen LogP contribution in [0.2, 0.25) is 0 Å². The van der Waals surface area contributed by atoms with Crippen LogP contribution >= 0.6 is 0 Å². The molecule has 9 nitrogen and oxygen atoms in total. The van der Waals surface area contributed by atoms with Crippen molar-refractivity contribution in [2.45, 2.75) is 6.92 Å². The van der Waals surface area contributed by atoms with Crippen LogP contribution in [0, 0.1) is 17.0 Å². The van der Waals surface area contributed by atoms with Gasteiger partial charge in [0.1, 0.15) is 5.82 Å². The van der Waals surface area contributed by atoms with E-state index in [0.717, 1.165) is 5.56 Å². The molecule has 3 aromatic rings. The number of hydrogen-bond acceptors (Lipinski definition) is 6. The lowest BCUT2D eigenvalue weighted by Gasteiger charge is -2.07. The molecule has 1 aromatic heterocycles. The molecule has 0 atom stereocenters. The van der Waals surface area contributed by atoms with Crippen LogP contribution in [0.25, 0.3) is 11.8 Å². The van der Waals surface area contributed by atoms with Crippen LogP contribution in [0.1, 0.15) is 21.6 Å². The summed E-state index contributed by atoms with van der Waals surface area (Å²) in [5, 5.41) is 17.9. The lowest BCUT2D eigenvalue weighted by atomic mass is 10.1. The standard InChI is InChI=1S/C21H18N4O5/c1-14-13-19(24(23-14)17-8-10-18(11-9-17)25(28)29)22-20(26)12-5-15-3-6-16(7-4-15)21(27)30-2/h3-13H,1-2H3,(H,22,26)/b12-5+. The molecule has 0 spiro atoms. The maximum absolute atomic E-state index is 12.3. The van der Waals surface area contributed by atoms with Crippen molar-refractivity contribution < 1.29 is 19.2 Å². The molecular formula is C21H18N4O5. The van der Waals surface area contributed by atoms with Crippen molar-refractivity contribution in [1.82, 2.24) is 9.78 Å². The number of aryl methyl sites for hydroxylation is 1. The van der Waals surface area contributed by atoms with E-state index < -0.39 is 10.9 Å². The van der Waals surface area contributed by atoms with Gasteiger partial charge < -0.3 is 10.1 Å². The van der Waals surface area contributed by atoms with Crippen molar-refractivity contribution in [2.24, 2.45) is 0 Å². The number of nitrogens with zero attached hydrogens (tertiary/aromatic N) is 3. The van der Waals surface area contributed by atoms with E-state index in [1.54, 1.807) is 55.5 Å². The van der Waals surface area contributed by atoms with Crippen molar-refractivity contribution in [1.29, 1.82) is 0 Å². The number of ether oxygens (including phenoxy) is 1. The Bertz CT molecular complexity index is 1120. The van der Waals surface area contributed by atoms with Gasteiger partial charge in [-0.15, -0.1) is 0 Å². The minimum absolute atomic E-state index is 0.0330. The number of hydrogen-bond donors (Lipinski definition) is 1. The van der Waals surface area contributed by atoms with Crippen LogP contribution in [0.4, 0.5) is 11.5 Å². The normalized spacial score (nSPS) is 10.7. The molecule has 0 aliphatic carbocycles. The van der Waals surface area contributed by atoms with Crippen LogP contribution in [0.3, 0.4) is 0 Å². The number of amides is 1. The Morgan fingerprint density at radius 1 is 1.13 bits per heavy atom. The highest BCUT2D eigenvalue weighted by Gasteiger charge is 2.12. The van der Waals surface area contributed by atoms with Crippen LogP contribution in [0.15, 0.2) is 60.7 Å². The summed E-state index contributed by atoms with van der Waals surface area (Å²) in [4.78, 5) is 34.1. The molecule has 3 rings (SSSR count). The number of nitrogens with one attached hydrogen (secondary N) is 1. The molecule has 0 fully saturated rings. The number of nitro groups is 1. The average Bonchev–Trinajstić information content (AvgIpc) is 3.12. The molecule has 30 heavy (non-hydrogen) atoms. The van der Waals surface area contributed by atoms with Gasteiger partial charge in [0.05, 0.1) is 29.0 Å². The Morgan fingerprint density at radius 3 is 2.40 bits per heavy atom. The van der Waals surface area contributed by atoms with Gasteiger partial charge in [-0.2, -0.15) is 5.10 Å². The maximum Gasteiger partial charge on any atom is 0.337 e. The molecule has 0 radical (unpaired) electrons. The molecule has 152 valence electrons. The SMILES string of the molecule is COC(=O)c1ccc(/C=C/C(=O)Nc2cc(C)nn2-c2ccc([N+](=O)[O-])cc2)cc1. The fourth-order valence-electron chi connectivity index (χ4n) is 2.69. The second kappa shape index (κ2) is 8.82. The van der Waals surface area contributed by atoms with Crippen molar-refractivity contribution in [2.75, 3.05) is 12.4 Å². The van der Waals surface area contributed by atoms with Crippen molar-refractivity contribution in [3.8, 4) is 5.69 Å². The number of esters is 1. The second-order valence-corrected chi connectivity index (χ2v) is 6.29. The van der Waals surface area contributed by atoms with Gasteiger partial charge in [0, 0.05) is 24.3 Å². The molecule has 2 aromatic carbocycles. The number of non-ortho nitro benzene ring substituents is 1. The van der Waals surface area contributed by atoms with Gasteiger partial charge in [0.15, 0.2) is 0 Å². The maximum atomic E-state index is 12.3. The van der Waals surface area contributed by atoms with Crippen molar-refractivity contribution >= 4 is 29.5 Å². The van der Waals surface area contributed by atoms with E-state index >= 15 is 0 Å². The molecule has 0 aliphatic rings. The zero-order valence-corrected chi connectivity index (χ0v) is 16.2. The van der Waals surface area contributed by atoms with Gasteiger partial charge in [-0.1, -0.05) is 12.1 Å². The Hall–Kier alpha value is -4.27. The van der Waals surface area contributed by atoms with Crippen molar-refractivity contribution in [3.63, 3.8) is 0 Å². The highest BCUT2D eigenvalue weighted by Crippen LogP contribution is 2.20. The minimum Gasteiger partial charge on any atom is -0.465 e. The zero-order valence-electron chi connectivity index (χ0n) is 16.2. The largest absolute Gasteiger partial charge is 0.465 e. The summed E-state index contributed by atoms with van der Waals surface area (Å²) in [6.45, 7) is 1.77. The summed E-state index contributed by atoms with van der Waals surface area (Å²) in [6, 6.07) is 14.2. The molecule has 1 amide bonds. The molecule has 1 heterocycles. The smallest absolute Gasteiger partial charge is 0.337 e. The summed E-state index contributed by atoms with van der Waals surface area (Å²) < 4.78 is 6.14. The first-order valence-electron chi connectivity index (χ1n) is 8.86. The number of methoxy groups -OCH3 is 1. The lowest BCUT2D eigenvalue weighted by molar-refractivity contribution is -0.384. The highest BCUT2D eigenvalue weighted by atomic mass is 16.6. The third kappa shape index (κ3) is 4.76. The predicted octanol–water partition coefficient (Wildman–Crippen LogP) is 3.53. The van der Waals surface area contributed by atoms with Gasteiger partial charge in [0.2, 0.25) is 5.91 Å². The first kappa shape index (κ1) is 20.5. The summed E-state index contributed by atoms with van der Waals surface area (Å²) in [5.74, 6) is -0.384. The Balaban J connectivity index is 1.73. The van der Waals surface area contributed by atoms with Crippen LogP contribution in [-0.2, 0) is 9.53 Å². The summed E-state index contributed by atoms with van der Waals surface area (Å²) in [5.41, 5.74) is 2.37. The fourth-order valence-corrected chi connectivity index (χ4v) is 2.69. The fraction of sp³-hybridized carbons (Fsp3) is 0.0952. The molecule has 0 bridgehead atoms. The van der Waals surface area contributed by atoms with E-state index in [1.165, 1.54) is 30.0 Å². The zero-order chi connectivity index (χ0) is 21.7. The second-order valence-electron chi connectivity index (χ2n) is 6.29. The topological polar surface area (TPSA) is 116 Å². The van der Waals surface area contributed by atoms with Crippen LogP contribution < -0.4 is 5.32 Å². The van der Waals surface area contributed by atoms with Crippen molar-refractivity contribution in [3.05, 3.63) is 87.6 Å². The minimum atomic E-state index is -0.483. The third-order valence-corrected chi connectivity index (χ3v) is 4.15. The Morgan fingerprint density at radius 2 is 1.80 bits per heavy atom. The number of carbonyl (C=O) groups is 2. The number of rotatable bonds is 6. The van der Waals surface area contributed by atoms with E-state index in [0.29, 0.717) is 22.8 Å². The summed E-state index contributed by atoms with van der Waals surface area (Å²) >= 11 is 0. The van der Waals surface area contributed by atoms with Gasteiger partial charge >= 0.3 is 5.97 Å². The van der Waals surface area contributed by atoms with E-state index in [9.17, 15) is 19.7 Å². The summed E-state index contributed by atoms with van der Waals surface area (Å²) in [6.07, 6.45) is 2.96. The number of carbonyl (C=O) groups excluding carboxylic acids is 2. The van der Waals surface area contributed by atoms with Crippen LogP contribution in [0.5, 0.6) is 0 Å². The molecular weight excluding hydrogens is 388 g/mol. The van der Waals surface area contributed by atoms with E-state index in [4.69, 9.17) is 0 Å². The molecule has 0 saturated carbocycles. The Labute approximate surface area is 171 Å². The van der Waals surface area contributed by atoms with Gasteiger partial charge in [-0.3, -0.25) is 14.9 Å². The van der Waals surface area contributed by atoms with Gasteiger partial charge in [0.25, 0.3) is 5.69 Å². The number of nitro benzene ring substituents is 1. The molecule has 0 unspecified atom stereocenters. The summed E-state index contributed by atoms with van der Waals surface area (Å²) in [7, 11) is 1.31. The monoisotopic (exact) mass is 406 g/mol. The number of benzene rings is 2.